The molecular weight excluding hydrogens is 308 g/mol. The Hall–Kier alpha value is -2.64. The van der Waals surface area contributed by atoms with Crippen LogP contribution in [0.2, 0.25) is 0 Å². The van der Waals surface area contributed by atoms with Crippen molar-refractivity contribution in [3.63, 3.8) is 0 Å². The summed E-state index contributed by atoms with van der Waals surface area (Å²) in [5, 5.41) is 3.07. The Morgan fingerprint density at radius 1 is 1.17 bits per heavy atom. The Kier molecular flexibility index (Phi) is 5.90. The lowest BCUT2D eigenvalue weighted by Gasteiger charge is -2.13. The fourth-order valence-electron chi connectivity index (χ4n) is 1.91. The first-order chi connectivity index (χ1) is 11.1. The molecule has 1 heterocycles. The number of ether oxygens (including phenoxy) is 3. The zero-order chi connectivity index (χ0) is 16.7. The topological polar surface area (TPSA) is 65.5 Å². The van der Waals surface area contributed by atoms with Crippen LogP contribution in [0.1, 0.15) is 12.5 Å². The maximum atomic E-state index is 12.4. The maximum absolute atomic E-state index is 12.4. The second-order valence-electron chi connectivity index (χ2n) is 4.36. The lowest BCUT2D eigenvalue weighted by molar-refractivity contribution is -0.0514. The van der Waals surface area contributed by atoms with Crippen molar-refractivity contribution in [2.24, 2.45) is 0 Å². The zero-order valence-electron chi connectivity index (χ0n) is 12.8. The SMILES string of the molecule is CCOc1cc(CNc2nccnc2OC)ccc1OC(F)F. The predicted molar refractivity (Wildman–Crippen MR) is 80.2 cm³/mol. The van der Waals surface area contributed by atoms with E-state index >= 15 is 0 Å². The van der Waals surface area contributed by atoms with Gasteiger partial charge in [0.1, 0.15) is 0 Å². The summed E-state index contributed by atoms with van der Waals surface area (Å²) < 4.78 is 39.6. The standard InChI is InChI=1S/C15H17F2N3O3/c1-3-22-12-8-10(4-5-11(12)23-15(16)17)9-20-13-14(21-2)19-7-6-18-13/h4-8,15H,3,9H2,1-2H3,(H,18,20). The molecule has 23 heavy (non-hydrogen) atoms. The average molecular weight is 325 g/mol. The van der Waals surface area contributed by atoms with E-state index in [9.17, 15) is 8.78 Å². The number of rotatable bonds is 8. The molecule has 1 aromatic heterocycles. The lowest BCUT2D eigenvalue weighted by Crippen LogP contribution is -2.07. The highest BCUT2D eigenvalue weighted by Crippen LogP contribution is 2.30. The molecule has 6 nitrogen and oxygen atoms in total. The molecule has 0 radical (unpaired) electrons. The minimum Gasteiger partial charge on any atom is -0.490 e. The van der Waals surface area contributed by atoms with Crippen molar-refractivity contribution in [2.75, 3.05) is 19.0 Å². The number of nitrogens with zero attached hydrogens (tertiary/aromatic N) is 2. The van der Waals surface area contributed by atoms with Gasteiger partial charge in [-0.05, 0) is 24.6 Å². The minimum absolute atomic E-state index is 0.00248. The molecule has 1 aromatic carbocycles. The molecule has 0 saturated carbocycles. The Bertz CT molecular complexity index is 641. The second kappa shape index (κ2) is 8.11. The molecule has 1 N–H and O–H groups in total. The van der Waals surface area contributed by atoms with Crippen LogP contribution >= 0.6 is 0 Å². The van der Waals surface area contributed by atoms with Crippen LogP contribution in [0, 0.1) is 0 Å². The van der Waals surface area contributed by atoms with Gasteiger partial charge in [0.2, 0.25) is 0 Å². The van der Waals surface area contributed by atoms with Gasteiger partial charge in [0.15, 0.2) is 17.3 Å². The fraction of sp³-hybridized carbons (Fsp3) is 0.333. The molecule has 0 atom stereocenters. The molecule has 0 fully saturated rings. The molecular formula is C15H17F2N3O3. The first-order valence-electron chi connectivity index (χ1n) is 6.93. The molecule has 124 valence electrons. The summed E-state index contributed by atoms with van der Waals surface area (Å²) in [5.74, 6) is 1.12. The largest absolute Gasteiger partial charge is 0.490 e. The van der Waals surface area contributed by atoms with Crippen LogP contribution in [0.25, 0.3) is 0 Å². The molecule has 0 unspecified atom stereocenters. The van der Waals surface area contributed by atoms with E-state index in [4.69, 9.17) is 9.47 Å². The smallest absolute Gasteiger partial charge is 0.387 e. The molecule has 0 bridgehead atoms. The number of aromatic nitrogens is 2. The van der Waals surface area contributed by atoms with Crippen molar-refractivity contribution < 1.29 is 23.0 Å². The second-order valence-corrected chi connectivity index (χ2v) is 4.36. The molecule has 8 heteroatoms. The van der Waals surface area contributed by atoms with Crippen LogP contribution in [0.4, 0.5) is 14.6 Å². The molecule has 2 aromatic rings. The highest BCUT2D eigenvalue weighted by atomic mass is 19.3. The van der Waals surface area contributed by atoms with Gasteiger partial charge in [0.25, 0.3) is 5.88 Å². The van der Waals surface area contributed by atoms with Crippen LogP contribution in [0.5, 0.6) is 17.4 Å². The van der Waals surface area contributed by atoms with Gasteiger partial charge in [-0.1, -0.05) is 6.07 Å². The average Bonchev–Trinajstić information content (AvgIpc) is 2.55. The van der Waals surface area contributed by atoms with E-state index in [0.29, 0.717) is 24.8 Å². The van der Waals surface area contributed by atoms with E-state index < -0.39 is 6.61 Å². The quantitative estimate of drug-likeness (QED) is 0.804. The maximum Gasteiger partial charge on any atom is 0.387 e. The number of methoxy groups -OCH3 is 1. The molecule has 0 spiro atoms. The fourth-order valence-corrected chi connectivity index (χ4v) is 1.91. The Morgan fingerprint density at radius 2 is 1.96 bits per heavy atom. The summed E-state index contributed by atoms with van der Waals surface area (Å²) in [6.07, 6.45) is 3.06. The number of benzene rings is 1. The van der Waals surface area contributed by atoms with Crippen LogP contribution < -0.4 is 19.5 Å². The van der Waals surface area contributed by atoms with Crippen LogP contribution in [0.3, 0.4) is 0 Å². The predicted octanol–water partition coefficient (Wildman–Crippen LogP) is 3.10. The normalized spacial score (nSPS) is 10.5. The Labute approximate surface area is 132 Å². The van der Waals surface area contributed by atoms with E-state index in [1.54, 1.807) is 19.1 Å². The van der Waals surface area contributed by atoms with Crippen molar-refractivity contribution in [1.82, 2.24) is 9.97 Å². The van der Waals surface area contributed by atoms with Crippen LogP contribution in [0.15, 0.2) is 30.6 Å². The summed E-state index contributed by atoms with van der Waals surface area (Å²) in [7, 11) is 1.50. The van der Waals surface area contributed by atoms with Crippen LogP contribution in [-0.2, 0) is 6.54 Å². The number of alkyl halides is 2. The third kappa shape index (κ3) is 4.67. The van der Waals surface area contributed by atoms with Crippen molar-refractivity contribution in [1.29, 1.82) is 0 Å². The van der Waals surface area contributed by atoms with Gasteiger partial charge in [0, 0.05) is 18.9 Å². The van der Waals surface area contributed by atoms with E-state index in [1.807, 2.05) is 0 Å². The van der Waals surface area contributed by atoms with Gasteiger partial charge in [-0.15, -0.1) is 0 Å². The van der Waals surface area contributed by atoms with Gasteiger partial charge < -0.3 is 19.5 Å². The first-order valence-corrected chi connectivity index (χ1v) is 6.93. The van der Waals surface area contributed by atoms with Gasteiger partial charge >= 0.3 is 6.61 Å². The van der Waals surface area contributed by atoms with Crippen molar-refractivity contribution in [3.05, 3.63) is 36.2 Å². The monoisotopic (exact) mass is 325 g/mol. The van der Waals surface area contributed by atoms with E-state index in [-0.39, 0.29) is 11.5 Å². The van der Waals surface area contributed by atoms with Gasteiger partial charge in [-0.3, -0.25) is 0 Å². The highest BCUT2D eigenvalue weighted by molar-refractivity contribution is 5.47. The Balaban J connectivity index is 2.12. The summed E-state index contributed by atoms with van der Waals surface area (Å²) in [6.45, 7) is -0.401. The molecule has 0 saturated heterocycles. The van der Waals surface area contributed by atoms with E-state index in [1.165, 1.54) is 25.6 Å². The van der Waals surface area contributed by atoms with Gasteiger partial charge in [-0.2, -0.15) is 8.78 Å². The minimum atomic E-state index is -2.90. The molecule has 2 rings (SSSR count). The third-order valence-corrected chi connectivity index (χ3v) is 2.84. The molecule has 0 aliphatic rings. The summed E-state index contributed by atoms with van der Waals surface area (Å²) in [6, 6.07) is 4.75. The Morgan fingerprint density at radius 3 is 2.65 bits per heavy atom. The third-order valence-electron chi connectivity index (χ3n) is 2.84. The van der Waals surface area contributed by atoms with Crippen molar-refractivity contribution in [2.45, 2.75) is 20.1 Å². The number of hydrogen-bond acceptors (Lipinski definition) is 6. The first kappa shape index (κ1) is 16.7. The molecule has 0 aliphatic carbocycles. The van der Waals surface area contributed by atoms with E-state index in [0.717, 1.165) is 5.56 Å². The van der Waals surface area contributed by atoms with Gasteiger partial charge in [-0.25, -0.2) is 9.97 Å². The van der Waals surface area contributed by atoms with Crippen molar-refractivity contribution in [3.8, 4) is 17.4 Å². The lowest BCUT2D eigenvalue weighted by atomic mass is 10.2. The number of hydrogen-bond donors (Lipinski definition) is 1. The highest BCUT2D eigenvalue weighted by Gasteiger charge is 2.12. The van der Waals surface area contributed by atoms with Crippen LogP contribution in [-0.4, -0.2) is 30.3 Å². The molecule has 0 amide bonds. The number of anilines is 1. The zero-order valence-corrected chi connectivity index (χ0v) is 12.8. The number of nitrogens with one attached hydrogen (secondary N) is 1. The number of halogens is 2. The van der Waals surface area contributed by atoms with Crippen molar-refractivity contribution >= 4 is 5.82 Å². The summed E-state index contributed by atoms with van der Waals surface area (Å²) >= 11 is 0. The summed E-state index contributed by atoms with van der Waals surface area (Å²) in [4.78, 5) is 8.15. The van der Waals surface area contributed by atoms with Gasteiger partial charge in [0.05, 0.1) is 13.7 Å². The molecule has 0 aliphatic heterocycles. The van der Waals surface area contributed by atoms with E-state index in [2.05, 4.69) is 20.0 Å². The summed E-state index contributed by atoms with van der Waals surface area (Å²) in [5.41, 5.74) is 0.808.